The first kappa shape index (κ1) is 25.4. The van der Waals surface area contributed by atoms with Crippen LogP contribution in [-0.2, 0) is 9.59 Å². The monoisotopic (exact) mass is 468 g/mol. The molecule has 2 aromatic rings. The first-order valence-electron chi connectivity index (χ1n) is 11.7. The molecule has 0 aromatic heterocycles. The highest BCUT2D eigenvalue weighted by Gasteiger charge is 2.46. The Labute approximate surface area is 200 Å². The Morgan fingerprint density at radius 3 is 2.32 bits per heavy atom. The molecule has 1 unspecified atom stereocenters. The third-order valence-corrected chi connectivity index (χ3v) is 6.09. The van der Waals surface area contributed by atoms with Crippen molar-refractivity contribution in [2.24, 2.45) is 0 Å². The van der Waals surface area contributed by atoms with Crippen molar-refractivity contribution in [2.75, 3.05) is 26.2 Å². The van der Waals surface area contributed by atoms with Crippen LogP contribution in [0.4, 0.5) is 4.39 Å². The van der Waals surface area contributed by atoms with Crippen LogP contribution in [0.3, 0.4) is 0 Å². The number of hydrogen-bond acceptors (Lipinski definition) is 5. The van der Waals surface area contributed by atoms with E-state index >= 15 is 0 Å². The van der Waals surface area contributed by atoms with E-state index in [-0.39, 0.29) is 17.4 Å². The highest BCUT2D eigenvalue weighted by atomic mass is 19.1. The van der Waals surface area contributed by atoms with Gasteiger partial charge in [-0.2, -0.15) is 0 Å². The van der Waals surface area contributed by atoms with Crippen LogP contribution in [0.2, 0.25) is 0 Å². The molecule has 0 aliphatic carbocycles. The van der Waals surface area contributed by atoms with Crippen molar-refractivity contribution in [1.29, 1.82) is 0 Å². The highest BCUT2D eigenvalue weighted by molar-refractivity contribution is 6.46. The van der Waals surface area contributed by atoms with Gasteiger partial charge in [-0.15, -0.1) is 0 Å². The SMILES string of the molecule is CCN(CC)CCN1C(=O)C(=O)/C(=C(\O)c2ccc(OC(C)C)c(C)c2)C1c1ccc(F)cc1. The third kappa shape index (κ3) is 5.30. The van der Waals surface area contributed by atoms with Gasteiger partial charge < -0.3 is 19.6 Å². The van der Waals surface area contributed by atoms with E-state index in [1.807, 2.05) is 34.6 Å². The molecule has 1 atom stereocenters. The van der Waals surface area contributed by atoms with Gasteiger partial charge in [-0.1, -0.05) is 26.0 Å². The van der Waals surface area contributed by atoms with Crippen molar-refractivity contribution in [3.8, 4) is 5.75 Å². The Bertz CT molecular complexity index is 1070. The quantitative estimate of drug-likeness (QED) is 0.329. The number of halogens is 1. The number of likely N-dealkylation sites (tertiary alicyclic amines) is 1. The van der Waals surface area contributed by atoms with Crippen molar-refractivity contribution in [1.82, 2.24) is 9.80 Å². The minimum Gasteiger partial charge on any atom is -0.507 e. The second kappa shape index (κ2) is 10.8. The zero-order valence-electron chi connectivity index (χ0n) is 20.5. The Balaban J connectivity index is 2.08. The fraction of sp³-hybridized carbons (Fsp3) is 0.407. The van der Waals surface area contributed by atoms with Gasteiger partial charge >= 0.3 is 0 Å². The fourth-order valence-corrected chi connectivity index (χ4v) is 4.23. The lowest BCUT2D eigenvalue weighted by Crippen LogP contribution is -2.38. The molecule has 1 saturated heterocycles. The van der Waals surface area contributed by atoms with Gasteiger partial charge in [0.05, 0.1) is 17.7 Å². The largest absolute Gasteiger partial charge is 0.507 e. The number of ketones is 1. The van der Waals surface area contributed by atoms with Crippen LogP contribution in [-0.4, -0.2) is 58.9 Å². The van der Waals surface area contributed by atoms with Gasteiger partial charge in [0, 0.05) is 18.7 Å². The zero-order chi connectivity index (χ0) is 25.0. The smallest absolute Gasteiger partial charge is 0.295 e. The standard InChI is InChI=1S/C27H33FN2O4/c1-6-29(7-2)14-15-30-24(19-8-11-21(28)12-9-19)23(26(32)27(30)33)25(31)20-10-13-22(18(5)16-20)34-17(3)4/h8-13,16-17,24,31H,6-7,14-15H2,1-5H3/b25-23-. The van der Waals surface area contributed by atoms with Gasteiger partial charge in [0.15, 0.2) is 0 Å². The van der Waals surface area contributed by atoms with Crippen LogP contribution in [0.5, 0.6) is 5.75 Å². The predicted octanol–water partition coefficient (Wildman–Crippen LogP) is 4.68. The van der Waals surface area contributed by atoms with E-state index in [1.54, 1.807) is 30.3 Å². The summed E-state index contributed by atoms with van der Waals surface area (Å²) in [4.78, 5) is 29.8. The number of ether oxygens (including phenoxy) is 1. The average Bonchev–Trinajstić information content (AvgIpc) is 3.05. The number of aliphatic hydroxyl groups is 1. The van der Waals surface area contributed by atoms with Gasteiger partial charge in [-0.05, 0) is 75.3 Å². The summed E-state index contributed by atoms with van der Waals surface area (Å²) in [6.07, 6.45) is -0.00671. The summed E-state index contributed by atoms with van der Waals surface area (Å²) in [5.74, 6) is -1.40. The molecule has 34 heavy (non-hydrogen) atoms. The van der Waals surface area contributed by atoms with E-state index in [0.29, 0.717) is 30.0 Å². The summed E-state index contributed by atoms with van der Waals surface area (Å²) in [5, 5.41) is 11.2. The van der Waals surface area contributed by atoms with E-state index in [4.69, 9.17) is 4.74 Å². The molecule has 1 N–H and O–H groups in total. The van der Waals surface area contributed by atoms with Gasteiger partial charge in [0.2, 0.25) is 0 Å². The van der Waals surface area contributed by atoms with Crippen LogP contribution < -0.4 is 4.74 Å². The first-order valence-corrected chi connectivity index (χ1v) is 11.7. The number of nitrogens with zero attached hydrogens (tertiary/aromatic N) is 2. The molecule has 1 amide bonds. The molecule has 6 nitrogen and oxygen atoms in total. The summed E-state index contributed by atoms with van der Waals surface area (Å²) >= 11 is 0. The highest BCUT2D eigenvalue weighted by Crippen LogP contribution is 2.39. The molecule has 1 aliphatic heterocycles. The topological polar surface area (TPSA) is 70.1 Å². The Morgan fingerprint density at radius 1 is 1.12 bits per heavy atom. The normalized spacial score (nSPS) is 17.8. The number of carbonyl (C=O) groups is 2. The maximum atomic E-state index is 13.6. The number of rotatable bonds is 9. The number of benzene rings is 2. The number of likely N-dealkylation sites (N-methyl/N-ethyl adjacent to an activating group) is 1. The van der Waals surface area contributed by atoms with Crippen molar-refractivity contribution in [3.05, 3.63) is 70.5 Å². The van der Waals surface area contributed by atoms with Gasteiger partial charge in [-0.25, -0.2) is 4.39 Å². The zero-order valence-corrected chi connectivity index (χ0v) is 20.5. The van der Waals surface area contributed by atoms with Crippen LogP contribution in [0.1, 0.15) is 50.4 Å². The van der Waals surface area contributed by atoms with E-state index < -0.39 is 23.5 Å². The molecular formula is C27H33FN2O4. The predicted molar refractivity (Wildman–Crippen MR) is 130 cm³/mol. The molecule has 0 spiro atoms. The number of Topliss-reactive ketones (excluding diaryl/α,β-unsaturated/α-hetero) is 1. The molecule has 2 aromatic carbocycles. The number of carbonyl (C=O) groups excluding carboxylic acids is 2. The number of hydrogen-bond donors (Lipinski definition) is 1. The number of aryl methyl sites for hydroxylation is 1. The summed E-state index contributed by atoms with van der Waals surface area (Å²) in [6.45, 7) is 12.3. The van der Waals surface area contributed by atoms with Crippen molar-refractivity contribution in [2.45, 2.75) is 46.8 Å². The summed E-state index contributed by atoms with van der Waals surface area (Å²) < 4.78 is 19.4. The molecular weight excluding hydrogens is 435 g/mol. The Morgan fingerprint density at radius 2 is 1.76 bits per heavy atom. The van der Waals surface area contributed by atoms with Gasteiger partial charge in [-0.3, -0.25) is 9.59 Å². The van der Waals surface area contributed by atoms with Crippen molar-refractivity contribution >= 4 is 17.4 Å². The van der Waals surface area contributed by atoms with E-state index in [2.05, 4.69) is 4.90 Å². The summed E-state index contributed by atoms with van der Waals surface area (Å²) in [7, 11) is 0. The lowest BCUT2D eigenvalue weighted by atomic mass is 9.94. The fourth-order valence-electron chi connectivity index (χ4n) is 4.23. The Hall–Kier alpha value is -3.19. The molecule has 3 rings (SSSR count). The van der Waals surface area contributed by atoms with E-state index in [9.17, 15) is 19.1 Å². The van der Waals surface area contributed by atoms with Crippen LogP contribution in [0, 0.1) is 12.7 Å². The van der Waals surface area contributed by atoms with Crippen molar-refractivity contribution < 1.29 is 23.8 Å². The second-order valence-electron chi connectivity index (χ2n) is 8.72. The lowest BCUT2D eigenvalue weighted by molar-refractivity contribution is -0.140. The molecule has 1 heterocycles. The summed E-state index contributed by atoms with van der Waals surface area (Å²) in [5.41, 5.74) is 1.79. The van der Waals surface area contributed by atoms with Crippen LogP contribution in [0.15, 0.2) is 48.0 Å². The summed E-state index contributed by atoms with van der Waals surface area (Å²) in [6, 6.07) is 10.0. The molecule has 182 valence electrons. The van der Waals surface area contributed by atoms with E-state index in [0.717, 1.165) is 18.7 Å². The number of amides is 1. The maximum absolute atomic E-state index is 13.6. The molecule has 7 heteroatoms. The lowest BCUT2D eigenvalue weighted by Gasteiger charge is -2.28. The Kier molecular flexibility index (Phi) is 8.10. The number of aliphatic hydroxyl groups excluding tert-OH is 1. The molecule has 1 aliphatic rings. The molecule has 0 bridgehead atoms. The minimum atomic E-state index is -0.803. The van der Waals surface area contributed by atoms with Crippen LogP contribution in [0.25, 0.3) is 5.76 Å². The second-order valence-corrected chi connectivity index (χ2v) is 8.72. The maximum Gasteiger partial charge on any atom is 0.295 e. The van der Waals surface area contributed by atoms with Gasteiger partial charge in [0.25, 0.3) is 11.7 Å². The minimum absolute atomic E-state index is 0.00671. The third-order valence-electron chi connectivity index (χ3n) is 6.09. The van der Waals surface area contributed by atoms with Crippen LogP contribution >= 0.6 is 0 Å². The molecule has 0 radical (unpaired) electrons. The van der Waals surface area contributed by atoms with E-state index in [1.165, 1.54) is 17.0 Å². The van der Waals surface area contributed by atoms with Crippen molar-refractivity contribution in [3.63, 3.8) is 0 Å². The van der Waals surface area contributed by atoms with Gasteiger partial charge in [0.1, 0.15) is 17.3 Å². The average molecular weight is 469 g/mol. The first-order chi connectivity index (χ1) is 16.2. The molecule has 0 saturated carbocycles. The molecule has 1 fully saturated rings.